The van der Waals surface area contributed by atoms with Gasteiger partial charge in [0.05, 0.1) is 0 Å². The Morgan fingerprint density at radius 3 is 2.11 bits per heavy atom. The Labute approximate surface area is 113 Å². The van der Waals surface area contributed by atoms with Crippen LogP contribution in [0.1, 0.15) is 35.1 Å². The van der Waals surface area contributed by atoms with Crippen molar-refractivity contribution in [2.45, 2.75) is 38.5 Å². The number of nitrogens with one attached hydrogen (secondary N) is 2. The van der Waals surface area contributed by atoms with Crippen molar-refractivity contribution in [2.75, 3.05) is 5.32 Å². The first kappa shape index (κ1) is 12.5. The molecule has 102 valence electrons. The fourth-order valence-corrected chi connectivity index (χ4v) is 3.41. The van der Waals surface area contributed by atoms with Crippen LogP contribution in [0.3, 0.4) is 0 Å². The van der Waals surface area contributed by atoms with Gasteiger partial charge in [0.25, 0.3) is 0 Å². The summed E-state index contributed by atoms with van der Waals surface area (Å²) in [5.74, 6) is 0. The summed E-state index contributed by atoms with van der Waals surface area (Å²) in [6.07, 6.45) is 6.22. The number of hydrogen-bond donors (Lipinski definition) is 3. The topological polar surface area (TPSA) is 75.3 Å². The van der Waals surface area contributed by atoms with Gasteiger partial charge < -0.3 is 5.32 Å². The number of carbonyl (C=O) groups is 1. The summed E-state index contributed by atoms with van der Waals surface area (Å²) in [6.45, 7) is 0. The molecule has 0 radical (unpaired) electrons. The van der Waals surface area contributed by atoms with E-state index in [1.165, 1.54) is 22.3 Å². The van der Waals surface area contributed by atoms with Crippen LogP contribution in [0, 0.1) is 0 Å². The van der Waals surface area contributed by atoms with Crippen LogP contribution in [0.15, 0.2) is 6.07 Å². The van der Waals surface area contributed by atoms with E-state index in [-0.39, 0.29) is 0 Å². The number of hydrogen-bond acceptors (Lipinski definition) is 3. The van der Waals surface area contributed by atoms with E-state index in [1.807, 2.05) is 4.72 Å². The number of anilines is 1. The third-order valence-electron chi connectivity index (χ3n) is 3.90. The van der Waals surface area contributed by atoms with Crippen molar-refractivity contribution in [1.82, 2.24) is 4.72 Å². The molecule has 0 aromatic heterocycles. The minimum absolute atomic E-state index is 0.662. The van der Waals surface area contributed by atoms with Crippen molar-refractivity contribution in [1.29, 1.82) is 0 Å². The van der Waals surface area contributed by atoms with Crippen molar-refractivity contribution in [3.05, 3.63) is 28.3 Å². The molecule has 3 rings (SSSR count). The van der Waals surface area contributed by atoms with Crippen LogP contribution < -0.4 is 10.0 Å². The lowest BCUT2D eigenvalue weighted by Gasteiger charge is -2.15. The molecule has 0 saturated heterocycles. The summed E-state index contributed by atoms with van der Waals surface area (Å²) < 4.78 is 22.9. The highest BCUT2D eigenvalue weighted by Crippen LogP contribution is 2.38. The van der Waals surface area contributed by atoms with Crippen molar-refractivity contribution in [2.24, 2.45) is 0 Å². The van der Waals surface area contributed by atoms with E-state index in [0.717, 1.165) is 44.2 Å². The average molecular weight is 280 g/mol. The van der Waals surface area contributed by atoms with Crippen LogP contribution in [0.2, 0.25) is 0 Å². The zero-order chi connectivity index (χ0) is 13.4. The molecule has 0 saturated carbocycles. The van der Waals surface area contributed by atoms with Gasteiger partial charge in [-0.25, -0.2) is 17.9 Å². The Bertz CT molecular complexity index is 583. The normalized spacial score (nSPS) is 16.3. The van der Waals surface area contributed by atoms with Gasteiger partial charge in [0.15, 0.2) is 0 Å². The number of benzene rings is 1. The molecule has 0 fully saturated rings. The first-order chi connectivity index (χ1) is 9.15. The zero-order valence-electron chi connectivity index (χ0n) is 10.5. The summed E-state index contributed by atoms with van der Waals surface area (Å²) in [7, 11) is -2.91. The number of fused-ring (bicyclic) bond motifs is 2. The van der Waals surface area contributed by atoms with Gasteiger partial charge in [-0.3, -0.25) is 0 Å². The monoisotopic (exact) mass is 280 g/mol. The van der Waals surface area contributed by atoms with Crippen molar-refractivity contribution in [3.8, 4) is 0 Å². The van der Waals surface area contributed by atoms with E-state index in [9.17, 15) is 13.2 Å². The number of aryl methyl sites for hydroxylation is 2. The fourth-order valence-electron chi connectivity index (χ4n) is 3.19. The SMILES string of the molecule is O=C(Nc1c2c(cc3c1CCC3)CCC2)N[SH](=O)=O. The minimum atomic E-state index is -2.91. The minimum Gasteiger partial charge on any atom is -0.307 e. The van der Waals surface area contributed by atoms with Gasteiger partial charge in [0.1, 0.15) is 0 Å². The fraction of sp³-hybridized carbons (Fsp3) is 0.462. The average Bonchev–Trinajstić information content (AvgIpc) is 2.94. The smallest absolute Gasteiger partial charge is 0.307 e. The molecule has 2 aliphatic carbocycles. The molecular weight excluding hydrogens is 264 g/mol. The number of thiol groups is 1. The Balaban J connectivity index is 1.98. The predicted molar refractivity (Wildman–Crippen MR) is 73.0 cm³/mol. The second-order valence-corrected chi connectivity index (χ2v) is 5.79. The summed E-state index contributed by atoms with van der Waals surface area (Å²) >= 11 is 0. The van der Waals surface area contributed by atoms with E-state index < -0.39 is 16.9 Å². The van der Waals surface area contributed by atoms with Gasteiger partial charge in [-0.15, -0.1) is 0 Å². The quantitative estimate of drug-likeness (QED) is 0.715. The first-order valence-electron chi connectivity index (χ1n) is 6.53. The van der Waals surface area contributed by atoms with Gasteiger partial charge >= 0.3 is 6.03 Å². The van der Waals surface area contributed by atoms with E-state index in [1.54, 1.807) is 0 Å². The van der Waals surface area contributed by atoms with Gasteiger partial charge in [-0.2, -0.15) is 0 Å². The van der Waals surface area contributed by atoms with Gasteiger partial charge in [-0.05, 0) is 60.8 Å². The standard InChI is InChI=1S/C13H16N2O3S/c16-13(15-19(17)18)14-12-10-5-1-3-8(10)7-9-4-2-6-11(9)12/h7,19H,1-6H2,(H2,14,15,16,17,18). The molecule has 0 aliphatic heterocycles. The van der Waals surface area contributed by atoms with Gasteiger partial charge in [-0.1, -0.05) is 6.07 Å². The van der Waals surface area contributed by atoms with E-state index >= 15 is 0 Å². The molecule has 0 spiro atoms. The predicted octanol–water partition coefficient (Wildman–Crippen LogP) is 1.31. The highest BCUT2D eigenvalue weighted by molar-refractivity contribution is 7.71. The maximum Gasteiger partial charge on any atom is 0.332 e. The first-order valence-corrected chi connectivity index (χ1v) is 7.71. The Morgan fingerprint density at radius 2 is 1.58 bits per heavy atom. The van der Waals surface area contributed by atoms with Crippen molar-refractivity contribution < 1.29 is 13.2 Å². The Hall–Kier alpha value is -1.56. The summed E-state index contributed by atoms with van der Waals surface area (Å²) in [6, 6.07) is 1.60. The number of carbonyl (C=O) groups excluding carboxylic acids is 1. The van der Waals surface area contributed by atoms with Crippen LogP contribution in [-0.2, 0) is 36.6 Å². The number of urea groups is 1. The lowest BCUT2D eigenvalue weighted by Crippen LogP contribution is -2.28. The molecule has 5 nitrogen and oxygen atoms in total. The molecule has 1 aromatic carbocycles. The largest absolute Gasteiger partial charge is 0.332 e. The van der Waals surface area contributed by atoms with Crippen LogP contribution >= 0.6 is 0 Å². The maximum atomic E-state index is 11.6. The second kappa shape index (κ2) is 4.85. The van der Waals surface area contributed by atoms with E-state index in [0.29, 0.717) is 0 Å². The third-order valence-corrected chi connectivity index (χ3v) is 4.29. The van der Waals surface area contributed by atoms with Crippen LogP contribution in [0.25, 0.3) is 0 Å². The van der Waals surface area contributed by atoms with E-state index in [4.69, 9.17) is 0 Å². The van der Waals surface area contributed by atoms with Crippen molar-refractivity contribution >= 4 is 22.6 Å². The third kappa shape index (κ3) is 2.32. The van der Waals surface area contributed by atoms with Crippen molar-refractivity contribution in [3.63, 3.8) is 0 Å². The summed E-state index contributed by atoms with van der Waals surface area (Å²) in [5, 5.41) is 2.74. The zero-order valence-corrected chi connectivity index (χ0v) is 11.4. The molecule has 2 N–H and O–H groups in total. The highest BCUT2D eigenvalue weighted by atomic mass is 32.2. The maximum absolute atomic E-state index is 11.6. The second-order valence-electron chi connectivity index (χ2n) is 5.06. The lowest BCUT2D eigenvalue weighted by molar-refractivity contribution is 0.256. The molecule has 2 amide bonds. The van der Waals surface area contributed by atoms with Crippen LogP contribution in [-0.4, -0.2) is 14.4 Å². The molecule has 0 unspecified atom stereocenters. The van der Waals surface area contributed by atoms with Crippen LogP contribution in [0.5, 0.6) is 0 Å². The van der Waals surface area contributed by atoms with Gasteiger partial charge in [0.2, 0.25) is 10.9 Å². The molecule has 2 aliphatic rings. The number of amides is 2. The molecule has 6 heteroatoms. The molecule has 0 atom stereocenters. The molecule has 19 heavy (non-hydrogen) atoms. The Kier molecular flexibility index (Phi) is 3.18. The van der Waals surface area contributed by atoms with E-state index in [2.05, 4.69) is 11.4 Å². The lowest BCUT2D eigenvalue weighted by atomic mass is 9.99. The molecule has 0 bridgehead atoms. The van der Waals surface area contributed by atoms with Crippen LogP contribution in [0.4, 0.5) is 10.5 Å². The molecular formula is C13H16N2O3S. The summed E-state index contributed by atoms with van der Waals surface area (Å²) in [4.78, 5) is 11.6. The summed E-state index contributed by atoms with van der Waals surface area (Å²) in [5.41, 5.74) is 5.86. The molecule has 0 heterocycles. The molecule has 1 aromatic rings. The number of rotatable bonds is 2. The Morgan fingerprint density at radius 1 is 1.00 bits per heavy atom. The van der Waals surface area contributed by atoms with Gasteiger partial charge in [0, 0.05) is 5.69 Å². The highest BCUT2D eigenvalue weighted by Gasteiger charge is 2.24.